The second-order valence-corrected chi connectivity index (χ2v) is 3.69. The molecule has 0 saturated heterocycles. The lowest BCUT2D eigenvalue weighted by molar-refractivity contribution is -0.791. The second kappa shape index (κ2) is 3.77. The molecule has 1 aliphatic rings. The molecule has 1 N–H and O–H groups in total. The van der Waals surface area contributed by atoms with Crippen LogP contribution >= 0.6 is 0 Å². The average molecular weight is 181 g/mol. The van der Waals surface area contributed by atoms with Crippen molar-refractivity contribution in [3.05, 3.63) is 11.8 Å². The zero-order valence-corrected chi connectivity index (χ0v) is 7.70. The normalized spacial score (nSPS) is 20.0. The topological polar surface area (TPSA) is 55.0 Å². The van der Waals surface area contributed by atoms with Gasteiger partial charge >= 0.3 is 0 Å². The second-order valence-electron chi connectivity index (χ2n) is 3.69. The summed E-state index contributed by atoms with van der Waals surface area (Å²) in [5.41, 5.74) is 0.157. The largest absolute Gasteiger partial charge is 0.487 e. The average Bonchev–Trinajstić information content (AvgIpc) is 2.43. The highest BCUT2D eigenvalue weighted by atomic mass is 16.5. The third kappa shape index (κ3) is 1.99. The van der Waals surface area contributed by atoms with E-state index in [1.165, 1.54) is 38.5 Å². The van der Waals surface area contributed by atoms with Crippen molar-refractivity contribution in [1.29, 1.82) is 5.41 Å². The van der Waals surface area contributed by atoms with E-state index in [9.17, 15) is 0 Å². The Morgan fingerprint density at radius 3 is 2.54 bits per heavy atom. The van der Waals surface area contributed by atoms with Gasteiger partial charge in [0, 0.05) is 12.8 Å². The fraction of sp³-hybridized carbons (Fsp3) is 0.778. The summed E-state index contributed by atoms with van der Waals surface area (Å²) >= 11 is 0. The summed E-state index contributed by atoms with van der Waals surface area (Å²) in [7, 11) is 0. The van der Waals surface area contributed by atoms with E-state index < -0.39 is 0 Å². The van der Waals surface area contributed by atoms with Crippen molar-refractivity contribution in [2.75, 3.05) is 0 Å². The molecule has 4 heteroatoms. The number of nitrogens with zero attached hydrogens (tertiary/aromatic N) is 2. The Morgan fingerprint density at radius 2 is 2.00 bits per heavy atom. The van der Waals surface area contributed by atoms with Crippen LogP contribution < -0.4 is 15.5 Å². The fourth-order valence-corrected chi connectivity index (χ4v) is 1.95. The Labute approximate surface area is 77.0 Å². The van der Waals surface area contributed by atoms with E-state index in [1.807, 2.05) is 4.68 Å². The molecule has 0 atom stereocenters. The van der Waals surface area contributed by atoms with Crippen LogP contribution in [0.5, 0.6) is 0 Å². The zero-order valence-electron chi connectivity index (χ0n) is 7.70. The molecule has 0 bridgehead atoms. The third-order valence-corrected chi connectivity index (χ3v) is 2.68. The minimum Gasteiger partial charge on any atom is -0.487 e. The molecule has 1 heterocycles. The molecule has 72 valence electrons. The van der Waals surface area contributed by atoms with Gasteiger partial charge < -0.3 is 4.52 Å². The van der Waals surface area contributed by atoms with Crippen LogP contribution in [0.2, 0.25) is 0 Å². The first-order valence-electron chi connectivity index (χ1n) is 4.96. The van der Waals surface area contributed by atoms with Crippen LogP contribution in [0.3, 0.4) is 0 Å². The number of hydrogen-bond donors (Lipinski definition) is 1. The van der Waals surface area contributed by atoms with E-state index in [4.69, 9.17) is 9.93 Å². The Bertz CT molecular complexity index is 307. The van der Waals surface area contributed by atoms with Crippen molar-refractivity contribution in [3.63, 3.8) is 0 Å². The van der Waals surface area contributed by atoms with Gasteiger partial charge in [0.15, 0.2) is 0 Å². The van der Waals surface area contributed by atoms with Gasteiger partial charge in [-0.1, -0.05) is 12.8 Å². The van der Waals surface area contributed by atoms with Gasteiger partial charge in [0.25, 0.3) is 5.55 Å². The van der Waals surface area contributed by atoms with Crippen molar-refractivity contribution in [2.24, 2.45) is 0 Å². The zero-order chi connectivity index (χ0) is 9.10. The number of nitrogens with one attached hydrogen (secondary N) is 1. The van der Waals surface area contributed by atoms with E-state index in [-0.39, 0.29) is 5.55 Å². The van der Waals surface area contributed by atoms with Gasteiger partial charge in [-0.25, -0.2) is 4.68 Å². The van der Waals surface area contributed by atoms with Crippen molar-refractivity contribution in [3.8, 4) is 0 Å². The minimum atomic E-state index is 0.157. The van der Waals surface area contributed by atoms with Crippen LogP contribution in [0, 0.1) is 5.41 Å². The Morgan fingerprint density at radius 1 is 1.31 bits per heavy atom. The molecule has 0 amide bonds. The quantitative estimate of drug-likeness (QED) is 0.517. The highest BCUT2D eigenvalue weighted by Gasteiger charge is 2.18. The summed E-state index contributed by atoms with van der Waals surface area (Å²) in [6.07, 6.45) is 9.25. The molecule has 1 aliphatic carbocycles. The van der Waals surface area contributed by atoms with E-state index in [0.717, 1.165) is 0 Å². The summed E-state index contributed by atoms with van der Waals surface area (Å²) in [5.74, 6) is 0. The molecule has 0 radical (unpaired) electrons. The SMILES string of the molecule is N=c1c[n+](C2CCCCCC2)[n-]o1. The van der Waals surface area contributed by atoms with Gasteiger partial charge in [0.05, 0.1) is 0 Å². The minimum absolute atomic E-state index is 0.157. The van der Waals surface area contributed by atoms with Gasteiger partial charge in [-0.05, 0) is 12.8 Å². The van der Waals surface area contributed by atoms with E-state index in [2.05, 4.69) is 5.27 Å². The summed E-state index contributed by atoms with van der Waals surface area (Å²) in [6, 6.07) is 0.463. The van der Waals surface area contributed by atoms with Crippen molar-refractivity contribution < 1.29 is 9.20 Å². The maximum atomic E-state index is 7.24. The highest BCUT2D eigenvalue weighted by Crippen LogP contribution is 2.21. The van der Waals surface area contributed by atoms with Gasteiger partial charge in [-0.3, -0.25) is 10.7 Å². The van der Waals surface area contributed by atoms with Crippen molar-refractivity contribution >= 4 is 0 Å². The number of rotatable bonds is 1. The van der Waals surface area contributed by atoms with Crippen molar-refractivity contribution in [1.82, 2.24) is 5.27 Å². The summed E-state index contributed by atoms with van der Waals surface area (Å²) in [6.45, 7) is 0. The molecule has 1 aromatic rings. The van der Waals surface area contributed by atoms with E-state index in [1.54, 1.807) is 6.20 Å². The molecule has 1 saturated carbocycles. The van der Waals surface area contributed by atoms with Crippen LogP contribution in [-0.4, -0.2) is 0 Å². The molecule has 0 spiro atoms. The van der Waals surface area contributed by atoms with Crippen molar-refractivity contribution in [2.45, 2.75) is 44.6 Å². The lowest BCUT2D eigenvalue weighted by Gasteiger charge is -2.09. The molecule has 13 heavy (non-hydrogen) atoms. The first-order valence-corrected chi connectivity index (χ1v) is 4.96. The van der Waals surface area contributed by atoms with Crippen LogP contribution in [0.15, 0.2) is 10.7 Å². The first-order chi connectivity index (χ1) is 6.36. The lowest BCUT2D eigenvalue weighted by atomic mass is 10.1. The molecule has 1 aromatic heterocycles. The van der Waals surface area contributed by atoms with Crippen LogP contribution in [0.4, 0.5) is 0 Å². The number of hydrogen-bond acceptors (Lipinski definition) is 2. The van der Waals surface area contributed by atoms with E-state index >= 15 is 0 Å². The maximum absolute atomic E-state index is 7.24. The Kier molecular flexibility index (Phi) is 2.47. The van der Waals surface area contributed by atoms with Crippen LogP contribution in [0.1, 0.15) is 44.6 Å². The maximum Gasteiger partial charge on any atom is 0.264 e. The fourth-order valence-electron chi connectivity index (χ4n) is 1.95. The van der Waals surface area contributed by atoms with Gasteiger partial charge in [0.2, 0.25) is 6.20 Å². The summed E-state index contributed by atoms with van der Waals surface area (Å²) in [5, 5.41) is 11.1. The summed E-state index contributed by atoms with van der Waals surface area (Å²) in [4.78, 5) is 0. The molecule has 0 aromatic carbocycles. The molecular formula is C9H15N3O. The molecule has 2 rings (SSSR count). The van der Waals surface area contributed by atoms with Crippen LogP contribution in [0.25, 0.3) is 0 Å². The first kappa shape index (κ1) is 8.53. The van der Waals surface area contributed by atoms with Gasteiger partial charge in [-0.15, -0.1) is 0 Å². The monoisotopic (exact) mass is 181 g/mol. The van der Waals surface area contributed by atoms with Crippen LogP contribution in [-0.2, 0) is 0 Å². The lowest BCUT2D eigenvalue weighted by Crippen LogP contribution is -2.42. The number of aromatic nitrogens is 2. The molecule has 4 nitrogen and oxygen atoms in total. The molecular weight excluding hydrogens is 166 g/mol. The standard InChI is InChI=1S/C9H15N3O/c10-9-7-12(11-13-9)8-5-3-1-2-4-6-8/h7-8,10H,1-6H2. The predicted octanol–water partition coefficient (Wildman–Crippen LogP) is 0.899. The predicted molar refractivity (Wildman–Crippen MR) is 44.8 cm³/mol. The summed E-state index contributed by atoms with van der Waals surface area (Å²) < 4.78 is 6.55. The Balaban J connectivity index is 2.10. The Hall–Kier alpha value is -1.06. The van der Waals surface area contributed by atoms with Gasteiger partial charge in [-0.2, -0.15) is 0 Å². The molecule has 1 fully saturated rings. The third-order valence-electron chi connectivity index (χ3n) is 2.68. The molecule has 0 unspecified atom stereocenters. The van der Waals surface area contributed by atoms with Gasteiger partial charge in [0.1, 0.15) is 6.04 Å². The molecule has 0 aliphatic heterocycles. The van der Waals surface area contributed by atoms with E-state index in [0.29, 0.717) is 6.04 Å². The smallest absolute Gasteiger partial charge is 0.264 e. The highest BCUT2D eigenvalue weighted by molar-refractivity contribution is 4.59.